The fourth-order valence-corrected chi connectivity index (χ4v) is 2.94. The zero-order chi connectivity index (χ0) is 13.8. The van der Waals surface area contributed by atoms with Crippen molar-refractivity contribution in [2.24, 2.45) is 0 Å². The molecule has 1 aromatic carbocycles. The lowest BCUT2D eigenvalue weighted by molar-refractivity contribution is 0.346. The summed E-state index contributed by atoms with van der Waals surface area (Å²) in [7, 11) is 4.28. The Hall–Kier alpha value is -0.580. The molecule has 0 amide bonds. The van der Waals surface area contributed by atoms with Crippen LogP contribution in [-0.2, 0) is 0 Å². The first-order valence-corrected chi connectivity index (χ1v) is 7.75. The zero-order valence-electron chi connectivity index (χ0n) is 12.1. The number of rotatable bonds is 3. The second-order valence-electron chi connectivity index (χ2n) is 5.65. The van der Waals surface area contributed by atoms with Gasteiger partial charge < -0.3 is 15.1 Å². The summed E-state index contributed by atoms with van der Waals surface area (Å²) in [6, 6.07) is 7.21. The lowest BCUT2D eigenvalue weighted by Crippen LogP contribution is -2.44. The standard InChI is InChI=1S/C15H24BrN3/c1-12-5-6-14(9-15(12)16)19-8-4-7-17-13(11-19)10-18(2)3/h5-6,9,13,17H,4,7-8,10-11H2,1-3H3. The predicted molar refractivity (Wildman–Crippen MR) is 86.1 cm³/mol. The van der Waals surface area contributed by atoms with E-state index in [1.165, 1.54) is 22.1 Å². The topological polar surface area (TPSA) is 18.5 Å². The third kappa shape index (κ3) is 4.20. The fraction of sp³-hybridized carbons (Fsp3) is 0.600. The summed E-state index contributed by atoms with van der Waals surface area (Å²) in [4.78, 5) is 4.75. The highest BCUT2D eigenvalue weighted by atomic mass is 79.9. The van der Waals surface area contributed by atoms with Crippen LogP contribution in [0.3, 0.4) is 0 Å². The van der Waals surface area contributed by atoms with Gasteiger partial charge in [0.25, 0.3) is 0 Å². The van der Waals surface area contributed by atoms with E-state index in [1.54, 1.807) is 0 Å². The molecule has 0 radical (unpaired) electrons. The largest absolute Gasteiger partial charge is 0.370 e. The highest BCUT2D eigenvalue weighted by Crippen LogP contribution is 2.24. The molecule has 1 atom stereocenters. The SMILES string of the molecule is Cc1ccc(N2CCCNC(CN(C)C)C2)cc1Br. The quantitative estimate of drug-likeness (QED) is 0.921. The molecular formula is C15H24BrN3. The first-order valence-electron chi connectivity index (χ1n) is 6.95. The summed E-state index contributed by atoms with van der Waals surface area (Å²) in [5.41, 5.74) is 2.62. The van der Waals surface area contributed by atoms with Crippen LogP contribution in [0, 0.1) is 6.92 Å². The maximum Gasteiger partial charge on any atom is 0.0378 e. The number of benzene rings is 1. The molecule has 1 aromatic rings. The summed E-state index contributed by atoms with van der Waals surface area (Å²) >= 11 is 3.64. The number of likely N-dealkylation sites (N-methyl/N-ethyl adjacent to an activating group) is 1. The molecule has 19 heavy (non-hydrogen) atoms. The van der Waals surface area contributed by atoms with Crippen molar-refractivity contribution in [3.8, 4) is 0 Å². The lowest BCUT2D eigenvalue weighted by atomic mass is 10.2. The van der Waals surface area contributed by atoms with Gasteiger partial charge >= 0.3 is 0 Å². The van der Waals surface area contributed by atoms with Crippen molar-refractivity contribution >= 4 is 21.6 Å². The maximum absolute atomic E-state index is 3.64. The minimum absolute atomic E-state index is 0.539. The molecule has 0 saturated carbocycles. The van der Waals surface area contributed by atoms with E-state index < -0.39 is 0 Å². The third-order valence-electron chi connectivity index (χ3n) is 3.58. The highest BCUT2D eigenvalue weighted by molar-refractivity contribution is 9.10. The second kappa shape index (κ2) is 6.73. The van der Waals surface area contributed by atoms with E-state index in [2.05, 4.69) is 70.3 Å². The number of nitrogens with zero attached hydrogens (tertiary/aromatic N) is 2. The molecule has 0 aromatic heterocycles. The van der Waals surface area contributed by atoms with Crippen LogP contribution in [0.5, 0.6) is 0 Å². The van der Waals surface area contributed by atoms with Crippen LogP contribution >= 0.6 is 15.9 Å². The van der Waals surface area contributed by atoms with Crippen LogP contribution < -0.4 is 10.2 Å². The first kappa shape index (κ1) is 14.8. The van der Waals surface area contributed by atoms with Crippen LogP contribution in [0.4, 0.5) is 5.69 Å². The number of hydrogen-bond donors (Lipinski definition) is 1. The molecule has 1 fully saturated rings. The number of anilines is 1. The lowest BCUT2D eigenvalue weighted by Gasteiger charge is -2.28. The van der Waals surface area contributed by atoms with E-state index in [0.29, 0.717) is 6.04 Å². The van der Waals surface area contributed by atoms with Crippen molar-refractivity contribution in [3.63, 3.8) is 0 Å². The van der Waals surface area contributed by atoms with Crippen LogP contribution in [0.2, 0.25) is 0 Å². The smallest absolute Gasteiger partial charge is 0.0378 e. The van der Waals surface area contributed by atoms with E-state index in [-0.39, 0.29) is 0 Å². The molecule has 0 spiro atoms. The second-order valence-corrected chi connectivity index (χ2v) is 6.50. The van der Waals surface area contributed by atoms with Gasteiger partial charge in [-0.2, -0.15) is 0 Å². The Kier molecular flexibility index (Phi) is 5.25. The Morgan fingerprint density at radius 1 is 1.42 bits per heavy atom. The third-order valence-corrected chi connectivity index (χ3v) is 4.44. The first-order chi connectivity index (χ1) is 9.06. The molecule has 1 saturated heterocycles. The monoisotopic (exact) mass is 325 g/mol. The van der Waals surface area contributed by atoms with Crippen molar-refractivity contribution in [2.75, 3.05) is 45.2 Å². The van der Waals surface area contributed by atoms with Crippen LogP contribution in [0.25, 0.3) is 0 Å². The average Bonchev–Trinajstić information content (AvgIpc) is 2.57. The van der Waals surface area contributed by atoms with Crippen molar-refractivity contribution in [1.82, 2.24) is 10.2 Å². The van der Waals surface area contributed by atoms with E-state index in [9.17, 15) is 0 Å². The van der Waals surface area contributed by atoms with E-state index in [0.717, 1.165) is 26.2 Å². The Morgan fingerprint density at radius 2 is 2.21 bits per heavy atom. The van der Waals surface area contributed by atoms with Crippen LogP contribution in [-0.4, -0.2) is 51.2 Å². The molecule has 1 aliphatic rings. The van der Waals surface area contributed by atoms with Gasteiger partial charge in [-0.3, -0.25) is 0 Å². The minimum atomic E-state index is 0.539. The minimum Gasteiger partial charge on any atom is -0.370 e. The van der Waals surface area contributed by atoms with Gasteiger partial charge in [0.1, 0.15) is 0 Å². The van der Waals surface area contributed by atoms with E-state index in [4.69, 9.17) is 0 Å². The molecule has 2 rings (SSSR count). The van der Waals surface area contributed by atoms with Gasteiger partial charge in [-0.05, 0) is 51.7 Å². The summed E-state index contributed by atoms with van der Waals surface area (Å²) in [6.45, 7) is 6.54. The van der Waals surface area contributed by atoms with E-state index >= 15 is 0 Å². The molecule has 4 heteroatoms. The molecule has 3 nitrogen and oxygen atoms in total. The normalized spacial score (nSPS) is 20.7. The summed E-state index contributed by atoms with van der Waals surface area (Å²) in [6.07, 6.45) is 1.20. The van der Waals surface area contributed by atoms with Gasteiger partial charge in [-0.15, -0.1) is 0 Å². The summed E-state index contributed by atoms with van der Waals surface area (Å²) in [5.74, 6) is 0. The molecule has 1 N–H and O–H groups in total. The van der Waals surface area contributed by atoms with Crippen LogP contribution in [0.1, 0.15) is 12.0 Å². The van der Waals surface area contributed by atoms with Gasteiger partial charge in [-0.1, -0.05) is 22.0 Å². The summed E-state index contributed by atoms with van der Waals surface area (Å²) in [5, 5.41) is 3.64. The van der Waals surface area contributed by atoms with Crippen molar-refractivity contribution in [3.05, 3.63) is 28.2 Å². The molecule has 1 heterocycles. The van der Waals surface area contributed by atoms with Gasteiger partial charge in [-0.25, -0.2) is 0 Å². The molecule has 0 bridgehead atoms. The average molecular weight is 326 g/mol. The van der Waals surface area contributed by atoms with Gasteiger partial charge in [0.05, 0.1) is 0 Å². The Labute approximate surface area is 125 Å². The number of nitrogens with one attached hydrogen (secondary N) is 1. The molecule has 1 unspecified atom stereocenters. The van der Waals surface area contributed by atoms with E-state index in [1.807, 2.05) is 0 Å². The van der Waals surface area contributed by atoms with Gasteiger partial charge in [0, 0.05) is 35.8 Å². The number of halogens is 1. The molecule has 1 aliphatic heterocycles. The predicted octanol–water partition coefficient (Wildman–Crippen LogP) is 2.49. The Bertz CT molecular complexity index is 420. The molecular weight excluding hydrogens is 302 g/mol. The highest BCUT2D eigenvalue weighted by Gasteiger charge is 2.18. The zero-order valence-corrected chi connectivity index (χ0v) is 13.7. The van der Waals surface area contributed by atoms with Crippen LogP contribution in [0.15, 0.2) is 22.7 Å². The van der Waals surface area contributed by atoms with Crippen molar-refractivity contribution < 1.29 is 0 Å². The van der Waals surface area contributed by atoms with Gasteiger partial charge in [0.15, 0.2) is 0 Å². The Morgan fingerprint density at radius 3 is 2.89 bits per heavy atom. The molecule has 106 valence electrons. The Balaban J connectivity index is 2.10. The van der Waals surface area contributed by atoms with Gasteiger partial charge in [0.2, 0.25) is 0 Å². The maximum atomic E-state index is 3.64. The number of aryl methyl sites for hydroxylation is 1. The number of hydrogen-bond acceptors (Lipinski definition) is 3. The summed E-state index contributed by atoms with van der Waals surface area (Å²) < 4.78 is 1.20. The van der Waals surface area contributed by atoms with Crippen molar-refractivity contribution in [1.29, 1.82) is 0 Å². The van der Waals surface area contributed by atoms with Crippen molar-refractivity contribution in [2.45, 2.75) is 19.4 Å². The molecule has 0 aliphatic carbocycles. The fourth-order valence-electron chi connectivity index (χ4n) is 2.57.